The molecular weight excluding hydrogens is 204 g/mol. The van der Waals surface area contributed by atoms with Crippen molar-refractivity contribution in [2.24, 2.45) is 0 Å². The van der Waals surface area contributed by atoms with Gasteiger partial charge < -0.3 is 5.11 Å². The standard InChI is InChI=1S/C9H11ClN2O2/c1-3-9(2,8(13)14)7-6(10)4-11-5-12-7/h4-5H,3H2,1-2H3,(H,13,14). The Bertz CT molecular complexity index is 356. The first-order valence-corrected chi connectivity index (χ1v) is 4.59. The molecule has 0 spiro atoms. The molecule has 0 radical (unpaired) electrons. The average Bonchev–Trinajstić information content (AvgIpc) is 2.17. The molecule has 76 valence electrons. The molecule has 5 heteroatoms. The Labute approximate surface area is 87.0 Å². The van der Waals surface area contributed by atoms with E-state index in [0.29, 0.717) is 17.1 Å². The van der Waals surface area contributed by atoms with Crippen LogP contribution in [0.1, 0.15) is 26.0 Å². The fourth-order valence-corrected chi connectivity index (χ4v) is 1.45. The highest BCUT2D eigenvalue weighted by Crippen LogP contribution is 2.30. The minimum atomic E-state index is -1.04. The number of hydrogen-bond acceptors (Lipinski definition) is 3. The second kappa shape index (κ2) is 3.92. The van der Waals surface area contributed by atoms with Gasteiger partial charge in [-0.15, -0.1) is 0 Å². The van der Waals surface area contributed by atoms with E-state index in [9.17, 15) is 4.79 Å². The minimum absolute atomic E-state index is 0.291. The van der Waals surface area contributed by atoms with Gasteiger partial charge in [0.15, 0.2) is 0 Å². The molecule has 0 aliphatic rings. The predicted molar refractivity (Wildman–Crippen MR) is 52.3 cm³/mol. The van der Waals surface area contributed by atoms with E-state index in [2.05, 4.69) is 9.97 Å². The average molecular weight is 215 g/mol. The summed E-state index contributed by atoms with van der Waals surface area (Å²) in [6, 6.07) is 0. The normalized spacial score (nSPS) is 14.8. The zero-order valence-corrected chi connectivity index (χ0v) is 8.75. The molecule has 1 aromatic rings. The summed E-state index contributed by atoms with van der Waals surface area (Å²) in [6.45, 7) is 3.39. The lowest BCUT2D eigenvalue weighted by molar-refractivity contribution is -0.143. The van der Waals surface area contributed by atoms with Crippen molar-refractivity contribution in [1.82, 2.24) is 9.97 Å². The lowest BCUT2D eigenvalue weighted by Gasteiger charge is -2.22. The summed E-state index contributed by atoms with van der Waals surface area (Å²) in [5.74, 6) is -0.930. The van der Waals surface area contributed by atoms with Gasteiger partial charge in [-0.2, -0.15) is 0 Å². The van der Waals surface area contributed by atoms with Crippen molar-refractivity contribution in [1.29, 1.82) is 0 Å². The molecule has 1 N–H and O–H groups in total. The summed E-state index contributed by atoms with van der Waals surface area (Å²) >= 11 is 5.84. The summed E-state index contributed by atoms with van der Waals surface area (Å²) < 4.78 is 0. The summed E-state index contributed by atoms with van der Waals surface area (Å²) in [6.07, 6.45) is 3.14. The molecule has 14 heavy (non-hydrogen) atoms. The SMILES string of the molecule is CCC(C)(C(=O)O)c1ncncc1Cl. The van der Waals surface area contributed by atoms with Crippen molar-refractivity contribution in [2.45, 2.75) is 25.7 Å². The third-order valence-electron chi connectivity index (χ3n) is 2.37. The highest BCUT2D eigenvalue weighted by Gasteiger charge is 2.36. The first kappa shape index (κ1) is 10.9. The molecule has 0 saturated carbocycles. The first-order valence-electron chi connectivity index (χ1n) is 4.21. The van der Waals surface area contributed by atoms with E-state index >= 15 is 0 Å². The van der Waals surface area contributed by atoms with Gasteiger partial charge in [0.05, 0.1) is 10.7 Å². The number of carboxylic acid groups (broad SMARTS) is 1. The van der Waals surface area contributed by atoms with Crippen LogP contribution >= 0.6 is 11.6 Å². The Morgan fingerprint density at radius 1 is 1.71 bits per heavy atom. The Balaban J connectivity index is 3.26. The zero-order chi connectivity index (χ0) is 10.8. The topological polar surface area (TPSA) is 63.1 Å². The molecule has 0 bridgehead atoms. The highest BCUT2D eigenvalue weighted by molar-refractivity contribution is 6.31. The summed E-state index contributed by atoms with van der Waals surface area (Å²) in [4.78, 5) is 18.7. The van der Waals surface area contributed by atoms with E-state index in [1.807, 2.05) is 0 Å². The lowest BCUT2D eigenvalue weighted by Crippen LogP contribution is -2.33. The summed E-state index contributed by atoms with van der Waals surface area (Å²) in [5, 5.41) is 9.38. The van der Waals surface area contributed by atoms with Crippen molar-refractivity contribution in [3.8, 4) is 0 Å². The number of hydrogen-bond donors (Lipinski definition) is 1. The van der Waals surface area contributed by atoms with Crippen molar-refractivity contribution >= 4 is 17.6 Å². The molecule has 0 aliphatic heterocycles. The fraction of sp³-hybridized carbons (Fsp3) is 0.444. The first-order chi connectivity index (χ1) is 6.52. The van der Waals surface area contributed by atoms with E-state index in [1.54, 1.807) is 13.8 Å². The third kappa shape index (κ3) is 1.70. The second-order valence-corrected chi connectivity index (χ2v) is 3.62. The number of halogens is 1. The smallest absolute Gasteiger partial charge is 0.315 e. The zero-order valence-electron chi connectivity index (χ0n) is 7.99. The highest BCUT2D eigenvalue weighted by atomic mass is 35.5. The number of aromatic nitrogens is 2. The molecular formula is C9H11ClN2O2. The van der Waals surface area contributed by atoms with Crippen LogP contribution in [0.5, 0.6) is 0 Å². The molecule has 1 aromatic heterocycles. The van der Waals surface area contributed by atoms with Crippen LogP contribution in [0.15, 0.2) is 12.5 Å². The van der Waals surface area contributed by atoms with Crippen LogP contribution in [0, 0.1) is 0 Å². The quantitative estimate of drug-likeness (QED) is 0.835. The van der Waals surface area contributed by atoms with E-state index < -0.39 is 11.4 Å². The van der Waals surface area contributed by atoms with Crippen LogP contribution in [0.4, 0.5) is 0 Å². The van der Waals surface area contributed by atoms with E-state index in [0.717, 1.165) is 0 Å². The van der Waals surface area contributed by atoms with Gasteiger partial charge >= 0.3 is 5.97 Å². The van der Waals surface area contributed by atoms with Crippen LogP contribution < -0.4 is 0 Å². The molecule has 1 rings (SSSR count). The van der Waals surface area contributed by atoms with Gasteiger partial charge in [0.2, 0.25) is 0 Å². The molecule has 0 aromatic carbocycles. The maximum Gasteiger partial charge on any atom is 0.315 e. The lowest BCUT2D eigenvalue weighted by atomic mass is 9.84. The van der Waals surface area contributed by atoms with E-state index in [1.165, 1.54) is 12.5 Å². The molecule has 0 aliphatic carbocycles. The van der Waals surface area contributed by atoms with Gasteiger partial charge in [0.25, 0.3) is 0 Å². The van der Waals surface area contributed by atoms with Crippen LogP contribution in [-0.2, 0) is 10.2 Å². The maximum atomic E-state index is 11.1. The molecule has 4 nitrogen and oxygen atoms in total. The van der Waals surface area contributed by atoms with Crippen LogP contribution in [0.3, 0.4) is 0 Å². The molecule has 1 unspecified atom stereocenters. The number of carboxylic acids is 1. The maximum absolute atomic E-state index is 11.1. The second-order valence-electron chi connectivity index (χ2n) is 3.21. The van der Waals surface area contributed by atoms with Crippen molar-refractivity contribution in [3.63, 3.8) is 0 Å². The predicted octanol–water partition coefficient (Wildman–Crippen LogP) is 1.88. The molecule has 0 saturated heterocycles. The van der Waals surface area contributed by atoms with Gasteiger partial charge in [-0.3, -0.25) is 4.79 Å². The summed E-state index contributed by atoms with van der Waals surface area (Å²) in [7, 11) is 0. The minimum Gasteiger partial charge on any atom is -0.481 e. The summed E-state index contributed by atoms with van der Waals surface area (Å²) in [5.41, 5.74) is -0.677. The number of rotatable bonds is 3. The Kier molecular flexibility index (Phi) is 3.06. The van der Waals surface area contributed by atoms with Gasteiger partial charge in [-0.25, -0.2) is 9.97 Å². The Hall–Kier alpha value is -1.16. The van der Waals surface area contributed by atoms with Gasteiger partial charge in [-0.1, -0.05) is 18.5 Å². The van der Waals surface area contributed by atoms with Gasteiger partial charge in [0, 0.05) is 6.20 Å². The van der Waals surface area contributed by atoms with Crippen molar-refractivity contribution < 1.29 is 9.90 Å². The monoisotopic (exact) mass is 214 g/mol. The Morgan fingerprint density at radius 3 is 2.79 bits per heavy atom. The molecule has 0 amide bonds. The molecule has 0 fully saturated rings. The number of nitrogens with zero attached hydrogens (tertiary/aromatic N) is 2. The molecule has 1 heterocycles. The van der Waals surface area contributed by atoms with Gasteiger partial charge in [0.1, 0.15) is 11.7 Å². The van der Waals surface area contributed by atoms with Crippen LogP contribution in [0.2, 0.25) is 5.02 Å². The van der Waals surface area contributed by atoms with Crippen molar-refractivity contribution in [2.75, 3.05) is 0 Å². The molecule has 1 atom stereocenters. The largest absolute Gasteiger partial charge is 0.481 e. The van der Waals surface area contributed by atoms with E-state index in [4.69, 9.17) is 16.7 Å². The van der Waals surface area contributed by atoms with Gasteiger partial charge in [-0.05, 0) is 13.3 Å². The Morgan fingerprint density at radius 2 is 2.36 bits per heavy atom. The van der Waals surface area contributed by atoms with Crippen molar-refractivity contribution in [3.05, 3.63) is 23.2 Å². The number of carbonyl (C=O) groups is 1. The number of aliphatic carboxylic acids is 1. The third-order valence-corrected chi connectivity index (χ3v) is 2.65. The fourth-order valence-electron chi connectivity index (χ4n) is 1.14. The van der Waals surface area contributed by atoms with E-state index in [-0.39, 0.29) is 0 Å². The van der Waals surface area contributed by atoms with Crippen LogP contribution in [0.25, 0.3) is 0 Å². The van der Waals surface area contributed by atoms with Crippen LogP contribution in [-0.4, -0.2) is 21.0 Å².